The zero-order chi connectivity index (χ0) is 20.1. The average Bonchev–Trinajstić information content (AvgIpc) is 2.72. The highest BCUT2D eigenvalue weighted by molar-refractivity contribution is 7.98. The first kappa shape index (κ1) is 20.2. The van der Waals surface area contributed by atoms with Crippen molar-refractivity contribution in [2.24, 2.45) is 0 Å². The van der Waals surface area contributed by atoms with Crippen molar-refractivity contribution in [1.29, 1.82) is 0 Å². The lowest BCUT2D eigenvalue weighted by molar-refractivity contribution is -0.137. The fourth-order valence-electron chi connectivity index (χ4n) is 3.48. The van der Waals surface area contributed by atoms with Gasteiger partial charge in [0.2, 0.25) is 0 Å². The van der Waals surface area contributed by atoms with Crippen LogP contribution in [-0.2, 0) is 21.6 Å². The Morgan fingerprint density at radius 1 is 1.21 bits per heavy atom. The van der Waals surface area contributed by atoms with Crippen LogP contribution >= 0.6 is 11.8 Å². The van der Waals surface area contributed by atoms with E-state index in [0.29, 0.717) is 12.1 Å². The van der Waals surface area contributed by atoms with Gasteiger partial charge in [0.05, 0.1) is 19.3 Å². The number of hydrogen-bond acceptors (Lipinski definition) is 5. The summed E-state index contributed by atoms with van der Waals surface area (Å²) in [4.78, 5) is 25.4. The maximum Gasteiger partial charge on any atom is 0.313 e. The van der Waals surface area contributed by atoms with Crippen molar-refractivity contribution < 1.29 is 19.4 Å². The highest BCUT2D eigenvalue weighted by atomic mass is 32.2. The van der Waals surface area contributed by atoms with Crippen molar-refractivity contribution in [3.8, 4) is 5.75 Å². The summed E-state index contributed by atoms with van der Waals surface area (Å²) in [6.07, 6.45) is 4.05. The van der Waals surface area contributed by atoms with Gasteiger partial charge >= 0.3 is 11.8 Å². The highest BCUT2D eigenvalue weighted by Crippen LogP contribution is 2.36. The highest BCUT2D eigenvalue weighted by Gasteiger charge is 2.35. The minimum Gasteiger partial charge on any atom is -0.497 e. The fourth-order valence-corrected chi connectivity index (χ4v) is 4.03. The Labute approximate surface area is 168 Å². The number of thioether (sulfide) groups is 1. The fraction of sp³-hybridized carbons (Fsp3) is 0.333. The number of benzene rings is 2. The van der Waals surface area contributed by atoms with E-state index in [0.717, 1.165) is 34.6 Å². The van der Waals surface area contributed by atoms with E-state index in [1.807, 2.05) is 30.5 Å². The molecule has 0 aromatic heterocycles. The quantitative estimate of drug-likeness (QED) is 0.531. The number of para-hydroxylation sites is 1. The third kappa shape index (κ3) is 4.31. The summed E-state index contributed by atoms with van der Waals surface area (Å²) >= 11 is 1.48. The maximum atomic E-state index is 12.3. The summed E-state index contributed by atoms with van der Waals surface area (Å²) in [6, 6.07) is 12.8. The maximum absolute atomic E-state index is 12.3. The van der Waals surface area contributed by atoms with Crippen LogP contribution in [-0.4, -0.2) is 36.8 Å². The second-order valence-corrected chi connectivity index (χ2v) is 7.59. The molecule has 6 nitrogen and oxygen atoms in total. The van der Waals surface area contributed by atoms with Crippen LogP contribution in [0.1, 0.15) is 24.0 Å². The van der Waals surface area contributed by atoms with Crippen molar-refractivity contribution in [2.75, 3.05) is 25.2 Å². The van der Waals surface area contributed by atoms with Gasteiger partial charge in [-0.2, -0.15) is 0 Å². The van der Waals surface area contributed by atoms with Crippen LogP contribution in [0.2, 0.25) is 0 Å². The van der Waals surface area contributed by atoms with Crippen LogP contribution < -0.4 is 15.4 Å². The molecule has 0 saturated carbocycles. The van der Waals surface area contributed by atoms with Gasteiger partial charge in [-0.1, -0.05) is 18.2 Å². The second-order valence-electron chi connectivity index (χ2n) is 6.75. The van der Waals surface area contributed by atoms with Crippen molar-refractivity contribution in [3.05, 3.63) is 53.6 Å². The number of methoxy groups -OCH3 is 1. The molecule has 0 fully saturated rings. The van der Waals surface area contributed by atoms with Crippen molar-refractivity contribution in [3.63, 3.8) is 0 Å². The van der Waals surface area contributed by atoms with Crippen molar-refractivity contribution >= 4 is 29.3 Å². The first-order valence-electron chi connectivity index (χ1n) is 9.09. The third-order valence-electron chi connectivity index (χ3n) is 4.95. The van der Waals surface area contributed by atoms with Crippen LogP contribution in [0.25, 0.3) is 0 Å². The summed E-state index contributed by atoms with van der Waals surface area (Å²) in [6.45, 7) is -0.0250. The molecular formula is C21H24N2O4S. The number of aliphatic hydroxyl groups is 1. The van der Waals surface area contributed by atoms with E-state index >= 15 is 0 Å². The number of nitrogens with one attached hydrogen (secondary N) is 2. The van der Waals surface area contributed by atoms with Crippen molar-refractivity contribution in [2.45, 2.75) is 29.8 Å². The number of hydrogen-bond donors (Lipinski definition) is 3. The Kier molecular flexibility index (Phi) is 6.26. The predicted molar refractivity (Wildman–Crippen MR) is 110 cm³/mol. The number of aryl methyl sites for hydroxylation is 1. The van der Waals surface area contributed by atoms with Crippen LogP contribution in [0.5, 0.6) is 5.75 Å². The van der Waals surface area contributed by atoms with Gasteiger partial charge in [0.25, 0.3) is 0 Å². The molecule has 0 radical (unpaired) electrons. The number of carbonyl (C=O) groups excluding carboxylic acids is 2. The standard InChI is InChI=1S/C21H24N2O4S/c1-27-15-9-10-16-14(12-15)6-5-11-21(16,26)13-22-19(24)20(25)23-17-7-3-4-8-18(17)28-2/h3-4,7-10,12,26H,5-6,11,13H2,1-2H3,(H,22,24)(H,23,25). The summed E-state index contributed by atoms with van der Waals surface area (Å²) in [5.74, 6) is -0.792. The largest absolute Gasteiger partial charge is 0.497 e. The minimum absolute atomic E-state index is 0.0250. The zero-order valence-electron chi connectivity index (χ0n) is 16.0. The monoisotopic (exact) mass is 400 g/mol. The second kappa shape index (κ2) is 8.67. The van der Waals surface area contributed by atoms with E-state index < -0.39 is 17.4 Å². The molecule has 1 aliphatic rings. The molecule has 7 heteroatoms. The molecule has 2 aromatic rings. The van der Waals surface area contributed by atoms with E-state index in [-0.39, 0.29) is 6.54 Å². The first-order chi connectivity index (χ1) is 13.5. The molecule has 3 N–H and O–H groups in total. The number of ether oxygens (including phenoxy) is 1. The number of amides is 2. The molecule has 28 heavy (non-hydrogen) atoms. The van der Waals surface area contributed by atoms with E-state index in [1.165, 1.54) is 11.8 Å². The lowest BCUT2D eigenvalue weighted by atomic mass is 9.79. The lowest BCUT2D eigenvalue weighted by Crippen LogP contribution is -2.46. The number of anilines is 1. The van der Waals surface area contributed by atoms with E-state index in [9.17, 15) is 14.7 Å². The summed E-state index contributed by atoms with van der Waals surface area (Å²) in [5, 5.41) is 16.3. The number of fused-ring (bicyclic) bond motifs is 1. The molecular weight excluding hydrogens is 376 g/mol. The van der Waals surface area contributed by atoms with Crippen molar-refractivity contribution in [1.82, 2.24) is 5.32 Å². The summed E-state index contributed by atoms with van der Waals surface area (Å²) in [5.41, 5.74) is 1.16. The Hall–Kier alpha value is -2.51. The Bertz CT molecular complexity index is 886. The molecule has 0 heterocycles. The lowest BCUT2D eigenvalue weighted by Gasteiger charge is -2.34. The Balaban J connectivity index is 1.67. The van der Waals surface area contributed by atoms with Gasteiger partial charge in [-0.15, -0.1) is 11.8 Å². The van der Waals surface area contributed by atoms with E-state index in [2.05, 4.69) is 10.6 Å². The third-order valence-corrected chi connectivity index (χ3v) is 5.75. The van der Waals surface area contributed by atoms with Gasteiger partial charge in [-0.05, 0) is 60.9 Å². The SMILES string of the molecule is COc1ccc2c(c1)CCCC2(O)CNC(=O)C(=O)Nc1ccccc1SC. The van der Waals surface area contributed by atoms with Crippen LogP contribution in [0, 0.1) is 0 Å². The van der Waals surface area contributed by atoms with Gasteiger partial charge < -0.3 is 20.5 Å². The molecule has 0 bridgehead atoms. The Morgan fingerprint density at radius 2 is 2.00 bits per heavy atom. The van der Waals surface area contributed by atoms with E-state index in [1.54, 1.807) is 25.3 Å². The zero-order valence-corrected chi connectivity index (χ0v) is 16.8. The first-order valence-corrected chi connectivity index (χ1v) is 10.3. The van der Waals surface area contributed by atoms with Crippen LogP contribution in [0.4, 0.5) is 5.69 Å². The summed E-state index contributed by atoms with van der Waals surface area (Å²) in [7, 11) is 1.60. The van der Waals surface area contributed by atoms with Gasteiger partial charge in [-0.3, -0.25) is 9.59 Å². The van der Waals surface area contributed by atoms with E-state index in [4.69, 9.17) is 4.74 Å². The average molecular weight is 401 g/mol. The van der Waals surface area contributed by atoms with Gasteiger partial charge in [0.1, 0.15) is 11.4 Å². The molecule has 1 aliphatic carbocycles. The molecule has 148 valence electrons. The van der Waals surface area contributed by atoms with Crippen LogP contribution in [0.3, 0.4) is 0 Å². The molecule has 0 spiro atoms. The number of carbonyl (C=O) groups is 2. The molecule has 2 aromatic carbocycles. The van der Waals surface area contributed by atoms with Gasteiger partial charge in [-0.25, -0.2) is 0 Å². The summed E-state index contributed by atoms with van der Waals surface area (Å²) < 4.78 is 5.25. The topological polar surface area (TPSA) is 87.7 Å². The van der Waals surface area contributed by atoms with Crippen LogP contribution in [0.15, 0.2) is 47.4 Å². The number of rotatable bonds is 5. The smallest absolute Gasteiger partial charge is 0.313 e. The predicted octanol–water partition coefficient (Wildman–Crippen LogP) is 2.70. The molecule has 3 rings (SSSR count). The molecule has 1 unspecified atom stereocenters. The van der Waals surface area contributed by atoms with Gasteiger partial charge in [0.15, 0.2) is 0 Å². The molecule has 2 amide bonds. The molecule has 0 aliphatic heterocycles. The Morgan fingerprint density at radius 3 is 2.75 bits per heavy atom. The normalized spacial score (nSPS) is 18.1. The van der Waals surface area contributed by atoms with Gasteiger partial charge in [0, 0.05) is 4.90 Å². The molecule has 0 saturated heterocycles. The molecule has 1 atom stereocenters. The minimum atomic E-state index is -1.20.